The highest BCUT2D eigenvalue weighted by Crippen LogP contribution is 2.34. The molecule has 1 unspecified atom stereocenters. The predicted molar refractivity (Wildman–Crippen MR) is 91.7 cm³/mol. The summed E-state index contributed by atoms with van der Waals surface area (Å²) < 4.78 is 7.31. The van der Waals surface area contributed by atoms with Gasteiger partial charge in [0.2, 0.25) is 5.95 Å². The molecule has 0 saturated carbocycles. The molecule has 3 aromatic rings. The number of ether oxygens (including phenoxy) is 1. The number of benzene rings is 2. The van der Waals surface area contributed by atoms with Crippen molar-refractivity contribution in [3.63, 3.8) is 0 Å². The lowest BCUT2D eigenvalue weighted by molar-refractivity contribution is 0.406. The normalized spacial score (nSPS) is 17.2. The molecular formula is C18H19N5O. The lowest BCUT2D eigenvalue weighted by Crippen LogP contribution is -2.23. The zero-order valence-electron chi connectivity index (χ0n) is 13.5. The maximum atomic E-state index is 5.51. The van der Waals surface area contributed by atoms with Gasteiger partial charge in [0.05, 0.1) is 12.8 Å². The summed E-state index contributed by atoms with van der Waals surface area (Å²) in [5.41, 5.74) is 2.22. The van der Waals surface area contributed by atoms with Crippen LogP contribution in [0, 0.1) is 0 Å². The van der Waals surface area contributed by atoms with Crippen molar-refractivity contribution in [2.45, 2.75) is 12.3 Å². The van der Waals surface area contributed by atoms with E-state index in [4.69, 9.17) is 4.74 Å². The summed E-state index contributed by atoms with van der Waals surface area (Å²) in [5, 5.41) is 12.3. The molecule has 1 atom stereocenters. The molecule has 0 bridgehead atoms. The Morgan fingerprint density at radius 2 is 1.83 bits per heavy atom. The van der Waals surface area contributed by atoms with Gasteiger partial charge in [-0.15, -0.1) is 0 Å². The summed E-state index contributed by atoms with van der Waals surface area (Å²) in [6, 6.07) is 18.2. The van der Waals surface area contributed by atoms with Gasteiger partial charge in [-0.3, -0.25) is 0 Å². The minimum atomic E-state index is 0.419. The van der Waals surface area contributed by atoms with Crippen molar-refractivity contribution in [1.29, 1.82) is 0 Å². The second kappa shape index (κ2) is 6.31. The van der Waals surface area contributed by atoms with Gasteiger partial charge in [-0.25, -0.2) is 0 Å². The van der Waals surface area contributed by atoms with Gasteiger partial charge in [-0.05, 0) is 40.6 Å². The highest BCUT2D eigenvalue weighted by Gasteiger charge is 2.29. The number of para-hydroxylation sites is 2. The molecule has 122 valence electrons. The Hall–Kier alpha value is -2.89. The second-order valence-corrected chi connectivity index (χ2v) is 5.90. The Kier molecular flexibility index (Phi) is 3.86. The van der Waals surface area contributed by atoms with Crippen molar-refractivity contribution < 1.29 is 4.74 Å². The average Bonchev–Trinajstić information content (AvgIpc) is 3.31. The first-order chi connectivity index (χ1) is 11.9. The van der Waals surface area contributed by atoms with Gasteiger partial charge in [0, 0.05) is 19.0 Å². The van der Waals surface area contributed by atoms with Crippen LogP contribution in [-0.4, -0.2) is 40.4 Å². The lowest BCUT2D eigenvalue weighted by atomic mass is 9.97. The molecule has 2 heterocycles. The second-order valence-electron chi connectivity index (χ2n) is 5.90. The maximum absolute atomic E-state index is 5.51. The van der Waals surface area contributed by atoms with Crippen molar-refractivity contribution in [2.75, 3.05) is 25.1 Å². The predicted octanol–water partition coefficient (Wildman–Crippen LogP) is 2.66. The number of methoxy groups -OCH3 is 1. The van der Waals surface area contributed by atoms with Gasteiger partial charge in [0.25, 0.3) is 0 Å². The first-order valence-corrected chi connectivity index (χ1v) is 8.08. The highest BCUT2D eigenvalue weighted by atomic mass is 16.5. The van der Waals surface area contributed by atoms with Gasteiger partial charge < -0.3 is 9.64 Å². The molecule has 0 radical (unpaired) electrons. The first-order valence-electron chi connectivity index (χ1n) is 8.08. The number of tetrazole rings is 1. The van der Waals surface area contributed by atoms with Crippen LogP contribution < -0.4 is 9.64 Å². The van der Waals surface area contributed by atoms with Crippen LogP contribution in [0.1, 0.15) is 17.9 Å². The Bertz CT molecular complexity index is 817. The standard InChI is InChI=1S/C18H19N5O/c1-24-17-10-6-5-9-16(17)14-11-12-22(13-14)18-19-20-21-23(18)15-7-3-2-4-8-15/h2-10,14H,11-13H2,1H3. The summed E-state index contributed by atoms with van der Waals surface area (Å²) in [6.07, 6.45) is 1.06. The van der Waals surface area contributed by atoms with E-state index < -0.39 is 0 Å². The van der Waals surface area contributed by atoms with Crippen molar-refractivity contribution in [3.05, 3.63) is 60.2 Å². The molecule has 6 nitrogen and oxygen atoms in total. The van der Waals surface area contributed by atoms with Crippen LogP contribution in [0.5, 0.6) is 5.75 Å². The molecule has 0 amide bonds. The summed E-state index contributed by atoms with van der Waals surface area (Å²) in [5.74, 6) is 2.16. The number of nitrogens with zero attached hydrogens (tertiary/aromatic N) is 5. The Labute approximate surface area is 140 Å². The molecule has 0 N–H and O–H groups in total. The SMILES string of the molecule is COc1ccccc1C1CCN(c2nnnn2-c2ccccc2)C1. The minimum Gasteiger partial charge on any atom is -0.496 e. The third-order valence-corrected chi connectivity index (χ3v) is 4.50. The fourth-order valence-electron chi connectivity index (χ4n) is 3.32. The number of anilines is 1. The Morgan fingerprint density at radius 1 is 1.04 bits per heavy atom. The molecule has 1 aromatic heterocycles. The largest absolute Gasteiger partial charge is 0.496 e. The molecule has 6 heteroatoms. The molecule has 0 aliphatic carbocycles. The molecule has 1 saturated heterocycles. The van der Waals surface area contributed by atoms with Crippen molar-refractivity contribution in [2.24, 2.45) is 0 Å². The van der Waals surface area contributed by atoms with Crippen molar-refractivity contribution in [1.82, 2.24) is 20.2 Å². The zero-order valence-corrected chi connectivity index (χ0v) is 13.5. The van der Waals surface area contributed by atoms with Crippen LogP contribution in [0.15, 0.2) is 54.6 Å². The first kappa shape index (κ1) is 14.7. The molecule has 4 rings (SSSR count). The maximum Gasteiger partial charge on any atom is 0.250 e. The van der Waals surface area contributed by atoms with Gasteiger partial charge in [0.1, 0.15) is 5.75 Å². The molecule has 1 fully saturated rings. The van der Waals surface area contributed by atoms with E-state index in [9.17, 15) is 0 Å². The quantitative estimate of drug-likeness (QED) is 0.739. The molecule has 2 aromatic carbocycles. The fraction of sp³-hybridized carbons (Fsp3) is 0.278. The topological polar surface area (TPSA) is 56.1 Å². The summed E-state index contributed by atoms with van der Waals surface area (Å²) >= 11 is 0. The van der Waals surface area contributed by atoms with Crippen LogP contribution in [0.25, 0.3) is 5.69 Å². The van der Waals surface area contributed by atoms with E-state index in [2.05, 4.69) is 32.6 Å². The smallest absolute Gasteiger partial charge is 0.250 e. The summed E-state index contributed by atoms with van der Waals surface area (Å²) in [7, 11) is 1.72. The number of rotatable bonds is 4. The highest BCUT2D eigenvalue weighted by molar-refractivity contribution is 5.44. The zero-order chi connectivity index (χ0) is 16.4. The van der Waals surface area contributed by atoms with E-state index >= 15 is 0 Å². The summed E-state index contributed by atoms with van der Waals surface area (Å²) in [6.45, 7) is 1.81. The van der Waals surface area contributed by atoms with Crippen LogP contribution in [-0.2, 0) is 0 Å². The Balaban J connectivity index is 1.59. The van der Waals surface area contributed by atoms with Crippen LogP contribution in [0.2, 0.25) is 0 Å². The van der Waals surface area contributed by atoms with E-state index in [1.165, 1.54) is 5.56 Å². The van der Waals surface area contributed by atoms with Crippen LogP contribution in [0.4, 0.5) is 5.95 Å². The number of hydrogen-bond donors (Lipinski definition) is 0. The van der Waals surface area contributed by atoms with E-state index in [-0.39, 0.29) is 0 Å². The van der Waals surface area contributed by atoms with Gasteiger partial charge in [0.15, 0.2) is 0 Å². The van der Waals surface area contributed by atoms with Crippen LogP contribution >= 0.6 is 0 Å². The molecule has 24 heavy (non-hydrogen) atoms. The third kappa shape index (κ3) is 2.60. The monoisotopic (exact) mass is 321 g/mol. The summed E-state index contributed by atoms with van der Waals surface area (Å²) in [4.78, 5) is 2.24. The van der Waals surface area contributed by atoms with E-state index in [0.717, 1.165) is 36.9 Å². The molecule has 1 aliphatic heterocycles. The van der Waals surface area contributed by atoms with Gasteiger partial charge in [-0.1, -0.05) is 41.5 Å². The van der Waals surface area contributed by atoms with E-state index in [1.54, 1.807) is 11.8 Å². The van der Waals surface area contributed by atoms with E-state index in [1.807, 2.05) is 42.5 Å². The Morgan fingerprint density at radius 3 is 2.67 bits per heavy atom. The van der Waals surface area contributed by atoms with Crippen molar-refractivity contribution in [3.8, 4) is 11.4 Å². The van der Waals surface area contributed by atoms with Gasteiger partial charge in [-0.2, -0.15) is 4.68 Å². The third-order valence-electron chi connectivity index (χ3n) is 4.50. The van der Waals surface area contributed by atoms with Crippen LogP contribution in [0.3, 0.4) is 0 Å². The fourth-order valence-corrected chi connectivity index (χ4v) is 3.32. The van der Waals surface area contributed by atoms with E-state index in [0.29, 0.717) is 5.92 Å². The van der Waals surface area contributed by atoms with Crippen molar-refractivity contribution >= 4 is 5.95 Å². The lowest BCUT2D eigenvalue weighted by Gasteiger charge is -2.18. The molecular weight excluding hydrogens is 302 g/mol. The molecule has 1 aliphatic rings. The minimum absolute atomic E-state index is 0.419. The number of hydrogen-bond acceptors (Lipinski definition) is 5. The molecule has 0 spiro atoms. The number of aromatic nitrogens is 4. The van der Waals surface area contributed by atoms with Gasteiger partial charge >= 0.3 is 0 Å². The average molecular weight is 321 g/mol.